The Morgan fingerprint density at radius 2 is 2.44 bits per heavy atom. The number of furan rings is 1. The summed E-state index contributed by atoms with van der Waals surface area (Å²) in [6.45, 7) is 1.85. The summed E-state index contributed by atoms with van der Waals surface area (Å²) >= 11 is 0. The van der Waals surface area contributed by atoms with Gasteiger partial charge in [-0.2, -0.15) is 0 Å². The Hall–Kier alpha value is -1.25. The van der Waals surface area contributed by atoms with Gasteiger partial charge in [-0.1, -0.05) is 0 Å². The van der Waals surface area contributed by atoms with Crippen molar-refractivity contribution in [3.8, 4) is 0 Å². The minimum atomic E-state index is -0.0162. The Balaban J connectivity index is 3.08. The molecule has 3 N–H and O–H groups in total. The average Bonchev–Trinajstić information content (AvgIpc) is 2.13. The molecule has 0 saturated heterocycles. The zero-order valence-electron chi connectivity index (χ0n) is 5.14. The highest BCUT2D eigenvalue weighted by atomic mass is 16.3. The lowest BCUT2D eigenvalue weighted by atomic mass is 10.3. The van der Waals surface area contributed by atoms with Crippen molar-refractivity contribution in [2.75, 3.05) is 0 Å². The third kappa shape index (κ3) is 0.937. The van der Waals surface area contributed by atoms with Gasteiger partial charge in [0.15, 0.2) is 11.6 Å². The second-order valence-electron chi connectivity index (χ2n) is 1.85. The van der Waals surface area contributed by atoms with Gasteiger partial charge in [0.1, 0.15) is 0 Å². The molecule has 9 heavy (non-hydrogen) atoms. The molecule has 0 bridgehead atoms. The molecule has 0 radical (unpaired) electrons. The molecule has 1 aromatic heterocycles. The molecule has 0 fully saturated rings. The summed E-state index contributed by atoms with van der Waals surface area (Å²) in [5.41, 5.74) is 6.05. The fourth-order valence-corrected chi connectivity index (χ4v) is 0.649. The maximum absolute atomic E-state index is 6.98. The van der Waals surface area contributed by atoms with Crippen molar-refractivity contribution in [3.05, 3.63) is 23.7 Å². The van der Waals surface area contributed by atoms with Gasteiger partial charge < -0.3 is 10.2 Å². The molecule has 0 aromatic carbocycles. The van der Waals surface area contributed by atoms with E-state index in [0.717, 1.165) is 5.56 Å². The topological polar surface area (TPSA) is 63.0 Å². The normalized spacial score (nSPS) is 9.44. The minimum absolute atomic E-state index is 0.0162. The summed E-state index contributed by atoms with van der Waals surface area (Å²) in [6, 6.07) is 1.77. The van der Waals surface area contributed by atoms with Gasteiger partial charge >= 0.3 is 0 Å². The number of aryl methyl sites for hydroxylation is 1. The van der Waals surface area contributed by atoms with Crippen LogP contribution >= 0.6 is 0 Å². The maximum atomic E-state index is 6.98. The van der Waals surface area contributed by atoms with Crippen molar-refractivity contribution in [3.63, 3.8) is 0 Å². The van der Waals surface area contributed by atoms with Crippen molar-refractivity contribution in [1.82, 2.24) is 0 Å². The van der Waals surface area contributed by atoms with Crippen molar-refractivity contribution in [2.45, 2.75) is 6.92 Å². The number of hydrogen-bond donors (Lipinski definition) is 2. The molecule has 1 rings (SSSR count). The first-order chi connectivity index (χ1) is 4.22. The first-order valence-electron chi connectivity index (χ1n) is 2.60. The highest BCUT2D eigenvalue weighted by Crippen LogP contribution is 2.06. The van der Waals surface area contributed by atoms with Crippen LogP contribution in [0.3, 0.4) is 0 Å². The molecule has 1 aromatic rings. The van der Waals surface area contributed by atoms with E-state index < -0.39 is 0 Å². The Labute approximate surface area is 53.0 Å². The number of nitrogens with one attached hydrogen (secondary N) is 1. The number of nitrogens with two attached hydrogens (primary N) is 1. The third-order valence-electron chi connectivity index (χ3n) is 1.11. The highest BCUT2D eigenvalue weighted by Gasteiger charge is 2.02. The standard InChI is InChI=1S/C6H8N2O/c1-4-2-3-9-5(4)6(7)8/h2-3H,1H3,(H3,7,8). The van der Waals surface area contributed by atoms with E-state index in [0.29, 0.717) is 5.76 Å². The van der Waals surface area contributed by atoms with Gasteiger partial charge in [0, 0.05) is 0 Å². The van der Waals surface area contributed by atoms with Crippen LogP contribution in [-0.4, -0.2) is 5.84 Å². The molecule has 3 nitrogen and oxygen atoms in total. The number of nitrogen functional groups attached to an aromatic ring is 1. The number of amidine groups is 1. The van der Waals surface area contributed by atoms with E-state index in [1.54, 1.807) is 6.07 Å². The van der Waals surface area contributed by atoms with Crippen LogP contribution in [0.4, 0.5) is 0 Å². The molecule has 0 aliphatic carbocycles. The molecular weight excluding hydrogens is 116 g/mol. The van der Waals surface area contributed by atoms with Crippen LogP contribution in [0.15, 0.2) is 16.7 Å². The quantitative estimate of drug-likeness (QED) is 0.431. The van der Waals surface area contributed by atoms with Gasteiger partial charge in [0.2, 0.25) is 0 Å². The van der Waals surface area contributed by atoms with Crippen LogP contribution in [0.1, 0.15) is 11.3 Å². The fourth-order valence-electron chi connectivity index (χ4n) is 0.649. The Morgan fingerprint density at radius 3 is 2.67 bits per heavy atom. The molecule has 0 aliphatic rings. The van der Waals surface area contributed by atoms with E-state index >= 15 is 0 Å². The monoisotopic (exact) mass is 124 g/mol. The van der Waals surface area contributed by atoms with Gasteiger partial charge in [0.05, 0.1) is 6.26 Å². The molecule has 48 valence electrons. The third-order valence-corrected chi connectivity index (χ3v) is 1.11. The Morgan fingerprint density at radius 1 is 1.78 bits per heavy atom. The molecule has 3 heteroatoms. The lowest BCUT2D eigenvalue weighted by molar-refractivity contribution is 0.554. The fraction of sp³-hybridized carbons (Fsp3) is 0.167. The van der Waals surface area contributed by atoms with Crippen molar-refractivity contribution < 1.29 is 4.42 Å². The number of rotatable bonds is 1. The summed E-state index contributed by atoms with van der Waals surface area (Å²) in [5, 5.41) is 6.98. The summed E-state index contributed by atoms with van der Waals surface area (Å²) in [4.78, 5) is 0. The summed E-state index contributed by atoms with van der Waals surface area (Å²) < 4.78 is 4.88. The van der Waals surface area contributed by atoms with Crippen LogP contribution in [0.25, 0.3) is 0 Å². The zero-order valence-corrected chi connectivity index (χ0v) is 5.14. The first-order valence-corrected chi connectivity index (χ1v) is 2.60. The predicted octanol–water partition coefficient (Wildman–Crippen LogP) is 0.872. The smallest absolute Gasteiger partial charge is 0.170 e. The highest BCUT2D eigenvalue weighted by molar-refractivity contribution is 5.93. The lowest BCUT2D eigenvalue weighted by Crippen LogP contribution is -2.10. The number of hydrogen-bond acceptors (Lipinski definition) is 2. The van der Waals surface area contributed by atoms with Crippen LogP contribution in [0.2, 0.25) is 0 Å². The first kappa shape index (κ1) is 5.88. The van der Waals surface area contributed by atoms with Gasteiger partial charge in [-0.3, -0.25) is 5.41 Å². The molecule has 0 atom stereocenters. The lowest BCUT2D eigenvalue weighted by Gasteiger charge is -1.90. The SMILES string of the molecule is Cc1ccoc1C(=N)N. The Bertz CT molecular complexity index is 227. The van der Waals surface area contributed by atoms with Crippen LogP contribution < -0.4 is 5.73 Å². The predicted molar refractivity (Wildman–Crippen MR) is 34.5 cm³/mol. The Kier molecular flexibility index (Phi) is 1.26. The summed E-state index contributed by atoms with van der Waals surface area (Å²) in [7, 11) is 0. The molecule has 0 unspecified atom stereocenters. The average molecular weight is 124 g/mol. The summed E-state index contributed by atoms with van der Waals surface area (Å²) in [6.07, 6.45) is 1.52. The van der Waals surface area contributed by atoms with Crippen molar-refractivity contribution in [1.29, 1.82) is 5.41 Å². The van der Waals surface area contributed by atoms with Gasteiger partial charge in [-0.05, 0) is 18.6 Å². The molecule has 1 heterocycles. The molecular formula is C6H8N2O. The van der Waals surface area contributed by atoms with E-state index in [2.05, 4.69) is 0 Å². The second-order valence-corrected chi connectivity index (χ2v) is 1.85. The van der Waals surface area contributed by atoms with E-state index in [1.165, 1.54) is 6.26 Å². The zero-order chi connectivity index (χ0) is 6.85. The van der Waals surface area contributed by atoms with E-state index in [9.17, 15) is 0 Å². The maximum Gasteiger partial charge on any atom is 0.170 e. The van der Waals surface area contributed by atoms with Crippen LogP contribution in [0.5, 0.6) is 0 Å². The van der Waals surface area contributed by atoms with Crippen molar-refractivity contribution >= 4 is 5.84 Å². The van der Waals surface area contributed by atoms with E-state index in [4.69, 9.17) is 15.6 Å². The van der Waals surface area contributed by atoms with Gasteiger partial charge in [0.25, 0.3) is 0 Å². The minimum Gasteiger partial charge on any atom is -0.461 e. The van der Waals surface area contributed by atoms with E-state index in [-0.39, 0.29) is 5.84 Å². The largest absolute Gasteiger partial charge is 0.461 e. The molecule has 0 saturated carbocycles. The molecule has 0 amide bonds. The molecule has 0 aliphatic heterocycles. The van der Waals surface area contributed by atoms with Crippen LogP contribution in [-0.2, 0) is 0 Å². The van der Waals surface area contributed by atoms with Gasteiger partial charge in [-0.15, -0.1) is 0 Å². The van der Waals surface area contributed by atoms with E-state index in [1.807, 2.05) is 6.92 Å². The van der Waals surface area contributed by atoms with Crippen LogP contribution in [0, 0.1) is 12.3 Å². The molecule has 0 spiro atoms. The summed E-state index contributed by atoms with van der Waals surface area (Å²) in [5.74, 6) is 0.451. The van der Waals surface area contributed by atoms with Gasteiger partial charge in [-0.25, -0.2) is 0 Å². The van der Waals surface area contributed by atoms with Crippen molar-refractivity contribution in [2.24, 2.45) is 5.73 Å². The second kappa shape index (κ2) is 1.93.